The second kappa shape index (κ2) is 5.14. The zero-order chi connectivity index (χ0) is 13.1. The Bertz CT molecular complexity index is 711. The van der Waals surface area contributed by atoms with Crippen LogP contribution in [0.25, 0.3) is 21.5 Å². The van der Waals surface area contributed by atoms with Crippen molar-refractivity contribution in [3.8, 4) is 12.3 Å². The van der Waals surface area contributed by atoms with Gasteiger partial charge in [0.05, 0.1) is 6.61 Å². The molecule has 0 heterocycles. The fourth-order valence-electron chi connectivity index (χ4n) is 2.48. The Kier molecular flexibility index (Phi) is 3.18. The van der Waals surface area contributed by atoms with Crippen molar-refractivity contribution in [2.75, 3.05) is 6.61 Å². The fourth-order valence-corrected chi connectivity index (χ4v) is 2.48. The molecule has 0 aliphatic heterocycles. The van der Waals surface area contributed by atoms with E-state index in [0.717, 1.165) is 0 Å². The van der Waals surface area contributed by atoms with Gasteiger partial charge in [-0.15, -0.1) is 6.42 Å². The normalized spacial score (nSPS) is 10.7. The average Bonchev–Trinajstić information content (AvgIpc) is 2.46. The van der Waals surface area contributed by atoms with Crippen molar-refractivity contribution in [2.45, 2.75) is 6.61 Å². The SMILES string of the molecule is C#CCOCc1c2ccccc2cc2ccccc12. The molecule has 0 aromatic heterocycles. The molecule has 0 amide bonds. The molecule has 3 rings (SSSR count). The van der Waals surface area contributed by atoms with Gasteiger partial charge in [0.1, 0.15) is 6.61 Å². The van der Waals surface area contributed by atoms with Gasteiger partial charge in [0.15, 0.2) is 0 Å². The molecule has 92 valence electrons. The van der Waals surface area contributed by atoms with Gasteiger partial charge >= 0.3 is 0 Å². The summed E-state index contributed by atoms with van der Waals surface area (Å²) >= 11 is 0. The van der Waals surface area contributed by atoms with E-state index in [4.69, 9.17) is 11.2 Å². The summed E-state index contributed by atoms with van der Waals surface area (Å²) in [6, 6.07) is 19.0. The highest BCUT2D eigenvalue weighted by atomic mass is 16.5. The molecule has 19 heavy (non-hydrogen) atoms. The fraction of sp³-hybridized carbons (Fsp3) is 0.111. The van der Waals surface area contributed by atoms with Crippen LogP contribution in [0.5, 0.6) is 0 Å². The van der Waals surface area contributed by atoms with E-state index < -0.39 is 0 Å². The molecule has 1 nitrogen and oxygen atoms in total. The topological polar surface area (TPSA) is 9.23 Å². The minimum atomic E-state index is 0.345. The van der Waals surface area contributed by atoms with Crippen LogP contribution in [0, 0.1) is 12.3 Å². The summed E-state index contributed by atoms with van der Waals surface area (Å²) in [5, 5.41) is 4.94. The summed E-state index contributed by atoms with van der Waals surface area (Å²) in [7, 11) is 0. The first-order chi connectivity index (χ1) is 9.40. The lowest BCUT2D eigenvalue weighted by molar-refractivity contribution is 0.155. The lowest BCUT2D eigenvalue weighted by Crippen LogP contribution is -1.95. The predicted molar refractivity (Wildman–Crippen MR) is 79.9 cm³/mol. The number of rotatable bonds is 3. The summed E-state index contributed by atoms with van der Waals surface area (Å²) in [6.45, 7) is 0.892. The highest BCUT2D eigenvalue weighted by Crippen LogP contribution is 2.28. The first-order valence-corrected chi connectivity index (χ1v) is 6.31. The van der Waals surface area contributed by atoms with Crippen LogP contribution in [0.2, 0.25) is 0 Å². The van der Waals surface area contributed by atoms with Gasteiger partial charge in [-0.3, -0.25) is 0 Å². The third kappa shape index (κ3) is 2.19. The van der Waals surface area contributed by atoms with Gasteiger partial charge in [0.25, 0.3) is 0 Å². The van der Waals surface area contributed by atoms with E-state index in [1.54, 1.807) is 0 Å². The molecule has 0 unspecified atom stereocenters. The van der Waals surface area contributed by atoms with Crippen LogP contribution in [0.1, 0.15) is 5.56 Å². The van der Waals surface area contributed by atoms with E-state index in [0.29, 0.717) is 13.2 Å². The van der Waals surface area contributed by atoms with E-state index in [1.807, 2.05) is 0 Å². The summed E-state index contributed by atoms with van der Waals surface area (Å²) < 4.78 is 5.55. The van der Waals surface area contributed by atoms with Crippen molar-refractivity contribution in [1.29, 1.82) is 0 Å². The standard InChI is InChI=1S/C18H14O/c1-2-11-19-13-18-16-9-5-3-7-14(16)12-15-8-4-6-10-17(15)18/h1,3-10,12H,11,13H2. The quantitative estimate of drug-likeness (QED) is 0.383. The maximum atomic E-state index is 5.55. The lowest BCUT2D eigenvalue weighted by Gasteiger charge is -2.11. The number of hydrogen-bond acceptors (Lipinski definition) is 1. The number of hydrogen-bond donors (Lipinski definition) is 0. The monoisotopic (exact) mass is 246 g/mol. The van der Waals surface area contributed by atoms with Crippen LogP contribution in [0.4, 0.5) is 0 Å². The highest BCUT2D eigenvalue weighted by molar-refractivity contribution is 6.02. The molecule has 3 aromatic carbocycles. The zero-order valence-electron chi connectivity index (χ0n) is 10.6. The summed E-state index contributed by atoms with van der Waals surface area (Å²) in [4.78, 5) is 0. The molecule has 3 aromatic rings. The third-order valence-electron chi connectivity index (χ3n) is 3.31. The molecule has 0 atom stereocenters. The zero-order valence-corrected chi connectivity index (χ0v) is 10.6. The van der Waals surface area contributed by atoms with E-state index in [-0.39, 0.29) is 0 Å². The molecule has 0 fully saturated rings. The minimum Gasteiger partial charge on any atom is -0.364 e. The molecule has 0 aliphatic rings. The molecule has 0 radical (unpaired) electrons. The average molecular weight is 246 g/mol. The third-order valence-corrected chi connectivity index (χ3v) is 3.31. The Labute approximate surface area is 112 Å². The molecule has 0 N–H and O–H groups in total. The molecule has 0 saturated carbocycles. The van der Waals surface area contributed by atoms with Gasteiger partial charge < -0.3 is 4.74 Å². The van der Waals surface area contributed by atoms with Crippen LogP contribution < -0.4 is 0 Å². The van der Waals surface area contributed by atoms with Crippen molar-refractivity contribution in [1.82, 2.24) is 0 Å². The van der Waals surface area contributed by atoms with Crippen molar-refractivity contribution < 1.29 is 4.74 Å². The predicted octanol–water partition coefficient (Wildman–Crippen LogP) is 4.14. The molecule has 0 saturated heterocycles. The summed E-state index contributed by atoms with van der Waals surface area (Å²) in [6.07, 6.45) is 5.24. The van der Waals surface area contributed by atoms with E-state index in [1.165, 1.54) is 27.1 Å². The van der Waals surface area contributed by atoms with Gasteiger partial charge in [0.2, 0.25) is 0 Å². The second-order valence-corrected chi connectivity index (χ2v) is 4.49. The first kappa shape index (κ1) is 11.8. The lowest BCUT2D eigenvalue weighted by atomic mass is 9.97. The van der Waals surface area contributed by atoms with E-state index in [9.17, 15) is 0 Å². The van der Waals surface area contributed by atoms with E-state index in [2.05, 4.69) is 60.5 Å². The Morgan fingerprint density at radius 1 is 0.895 bits per heavy atom. The second-order valence-electron chi connectivity index (χ2n) is 4.49. The van der Waals surface area contributed by atoms with Gasteiger partial charge in [-0.1, -0.05) is 54.5 Å². The molecule has 0 bridgehead atoms. The largest absolute Gasteiger partial charge is 0.364 e. The van der Waals surface area contributed by atoms with Gasteiger partial charge in [0, 0.05) is 0 Å². The highest BCUT2D eigenvalue weighted by Gasteiger charge is 2.06. The van der Waals surface area contributed by atoms with Crippen molar-refractivity contribution in [3.63, 3.8) is 0 Å². The Hall–Kier alpha value is -2.30. The van der Waals surface area contributed by atoms with Crippen LogP contribution in [-0.2, 0) is 11.3 Å². The molecular weight excluding hydrogens is 232 g/mol. The van der Waals surface area contributed by atoms with E-state index >= 15 is 0 Å². The summed E-state index contributed by atoms with van der Waals surface area (Å²) in [5.74, 6) is 2.51. The molecule has 0 spiro atoms. The van der Waals surface area contributed by atoms with Crippen molar-refractivity contribution in [2.24, 2.45) is 0 Å². The maximum Gasteiger partial charge on any atom is 0.107 e. The molecule has 1 heteroatoms. The number of terminal acetylenes is 1. The van der Waals surface area contributed by atoms with Crippen molar-refractivity contribution in [3.05, 3.63) is 60.2 Å². The Morgan fingerprint density at radius 2 is 1.47 bits per heavy atom. The van der Waals surface area contributed by atoms with Gasteiger partial charge in [-0.2, -0.15) is 0 Å². The molecular formula is C18H14O. The van der Waals surface area contributed by atoms with Crippen LogP contribution in [0.15, 0.2) is 54.6 Å². The van der Waals surface area contributed by atoms with Crippen LogP contribution in [0.3, 0.4) is 0 Å². The number of benzene rings is 3. The molecule has 0 aliphatic carbocycles. The van der Waals surface area contributed by atoms with Gasteiger partial charge in [-0.25, -0.2) is 0 Å². The van der Waals surface area contributed by atoms with Crippen LogP contribution in [-0.4, -0.2) is 6.61 Å². The smallest absolute Gasteiger partial charge is 0.107 e. The van der Waals surface area contributed by atoms with Crippen molar-refractivity contribution >= 4 is 21.5 Å². The maximum absolute atomic E-state index is 5.55. The van der Waals surface area contributed by atoms with Crippen LogP contribution >= 0.6 is 0 Å². The Balaban J connectivity index is 2.24. The number of ether oxygens (including phenoxy) is 1. The Morgan fingerprint density at radius 3 is 2.05 bits per heavy atom. The first-order valence-electron chi connectivity index (χ1n) is 6.31. The van der Waals surface area contributed by atoms with Gasteiger partial charge in [-0.05, 0) is 33.2 Å². The minimum absolute atomic E-state index is 0.345. The summed E-state index contributed by atoms with van der Waals surface area (Å²) in [5.41, 5.74) is 1.21. The number of fused-ring (bicyclic) bond motifs is 2.